The molecule has 0 aromatic heterocycles. The van der Waals surface area contributed by atoms with Crippen LogP contribution in [0.5, 0.6) is 0 Å². The van der Waals surface area contributed by atoms with E-state index in [2.05, 4.69) is 28.4 Å². The number of hydrogen-bond acceptors (Lipinski definition) is 4. The van der Waals surface area contributed by atoms with E-state index in [4.69, 9.17) is 0 Å². The van der Waals surface area contributed by atoms with Crippen LogP contribution in [0.2, 0.25) is 0 Å². The van der Waals surface area contributed by atoms with Gasteiger partial charge in [-0.25, -0.2) is 8.42 Å². The summed E-state index contributed by atoms with van der Waals surface area (Å²) in [7, 11) is -0.920. The largest absolute Gasteiger partial charge is 0.310 e. The normalized spacial score (nSPS) is 15.8. The number of rotatable bonds is 8. The summed E-state index contributed by atoms with van der Waals surface area (Å²) in [4.78, 5) is 2.07. The molecule has 0 saturated heterocycles. The first kappa shape index (κ1) is 15.5. The maximum Gasteiger partial charge on any atom is 0.148 e. The van der Waals surface area contributed by atoms with Crippen molar-refractivity contribution < 1.29 is 8.42 Å². The molecule has 1 aliphatic carbocycles. The minimum absolute atomic E-state index is 0.214. The SMILES string of the molecule is CN(CCS(C)(=O)=O)Cc1ccccc1CNC1CC1. The molecular weight excluding hydrogens is 272 g/mol. The van der Waals surface area contributed by atoms with Gasteiger partial charge < -0.3 is 10.2 Å². The second-order valence-electron chi connectivity index (χ2n) is 5.79. The van der Waals surface area contributed by atoms with Gasteiger partial charge in [0.25, 0.3) is 0 Å². The van der Waals surface area contributed by atoms with E-state index in [0.29, 0.717) is 12.6 Å². The summed E-state index contributed by atoms with van der Waals surface area (Å²) < 4.78 is 22.4. The predicted molar refractivity (Wildman–Crippen MR) is 82.3 cm³/mol. The summed E-state index contributed by atoms with van der Waals surface area (Å²) in [6.45, 7) is 2.27. The molecule has 5 heteroatoms. The van der Waals surface area contributed by atoms with Gasteiger partial charge in [-0.2, -0.15) is 0 Å². The van der Waals surface area contributed by atoms with E-state index in [1.807, 2.05) is 13.1 Å². The van der Waals surface area contributed by atoms with Gasteiger partial charge >= 0.3 is 0 Å². The molecule has 112 valence electrons. The Morgan fingerprint density at radius 1 is 1.25 bits per heavy atom. The van der Waals surface area contributed by atoms with Crippen molar-refractivity contribution in [2.45, 2.75) is 32.0 Å². The number of nitrogens with one attached hydrogen (secondary N) is 1. The molecule has 1 saturated carbocycles. The maximum absolute atomic E-state index is 11.2. The fourth-order valence-corrected chi connectivity index (χ4v) is 2.76. The molecule has 1 aliphatic rings. The van der Waals surface area contributed by atoms with Crippen molar-refractivity contribution in [2.24, 2.45) is 0 Å². The lowest BCUT2D eigenvalue weighted by atomic mass is 10.1. The molecule has 0 aliphatic heterocycles. The molecule has 1 aromatic carbocycles. The zero-order chi connectivity index (χ0) is 14.6. The van der Waals surface area contributed by atoms with Gasteiger partial charge in [0, 0.05) is 31.9 Å². The van der Waals surface area contributed by atoms with Gasteiger partial charge in [0.15, 0.2) is 0 Å². The van der Waals surface area contributed by atoms with Gasteiger partial charge in [-0.15, -0.1) is 0 Å². The number of hydrogen-bond donors (Lipinski definition) is 1. The van der Waals surface area contributed by atoms with Crippen LogP contribution in [0.15, 0.2) is 24.3 Å². The zero-order valence-corrected chi connectivity index (χ0v) is 13.1. The Bertz CT molecular complexity index is 539. The average Bonchev–Trinajstić information content (AvgIpc) is 3.19. The minimum atomic E-state index is -2.89. The first-order valence-corrected chi connectivity index (χ1v) is 9.16. The van der Waals surface area contributed by atoms with E-state index >= 15 is 0 Å². The summed E-state index contributed by atoms with van der Waals surface area (Å²) >= 11 is 0. The predicted octanol–water partition coefficient (Wildman–Crippen LogP) is 1.41. The molecule has 2 rings (SSSR count). The fourth-order valence-electron chi connectivity index (χ4n) is 2.12. The fraction of sp³-hybridized carbons (Fsp3) is 0.600. The molecule has 0 atom stereocenters. The monoisotopic (exact) mass is 296 g/mol. The molecule has 0 bridgehead atoms. The molecule has 0 radical (unpaired) electrons. The average molecular weight is 296 g/mol. The van der Waals surface area contributed by atoms with E-state index in [-0.39, 0.29) is 5.75 Å². The van der Waals surface area contributed by atoms with Crippen molar-refractivity contribution in [3.8, 4) is 0 Å². The van der Waals surface area contributed by atoms with Crippen molar-refractivity contribution >= 4 is 9.84 Å². The molecule has 0 heterocycles. The topological polar surface area (TPSA) is 49.4 Å². The first-order chi connectivity index (χ1) is 9.44. The third kappa shape index (κ3) is 5.61. The van der Waals surface area contributed by atoms with Crippen LogP contribution in [0.3, 0.4) is 0 Å². The Labute approximate surface area is 122 Å². The quantitative estimate of drug-likeness (QED) is 0.788. The standard InChI is InChI=1S/C15H24N2O2S/c1-17(9-10-20(2,18)19)12-14-6-4-3-5-13(14)11-16-15-7-8-15/h3-6,15-16H,7-12H2,1-2H3. The van der Waals surface area contributed by atoms with Gasteiger partial charge in [-0.1, -0.05) is 24.3 Å². The Kier molecular flexibility index (Phi) is 5.18. The summed E-state index contributed by atoms with van der Waals surface area (Å²) in [5.74, 6) is 0.214. The highest BCUT2D eigenvalue weighted by Gasteiger charge is 2.20. The van der Waals surface area contributed by atoms with Crippen LogP contribution in [0.1, 0.15) is 24.0 Å². The summed E-state index contributed by atoms with van der Waals surface area (Å²) in [6.07, 6.45) is 3.86. The van der Waals surface area contributed by atoms with Crippen LogP contribution in [0.25, 0.3) is 0 Å². The van der Waals surface area contributed by atoms with Crippen LogP contribution < -0.4 is 5.32 Å². The molecule has 0 unspecified atom stereocenters. The lowest BCUT2D eigenvalue weighted by Crippen LogP contribution is -2.26. The van der Waals surface area contributed by atoms with Crippen molar-refractivity contribution in [1.29, 1.82) is 0 Å². The van der Waals surface area contributed by atoms with E-state index in [9.17, 15) is 8.42 Å². The lowest BCUT2D eigenvalue weighted by Gasteiger charge is -2.18. The molecule has 0 amide bonds. The summed E-state index contributed by atoms with van der Waals surface area (Å²) in [6, 6.07) is 9.08. The van der Waals surface area contributed by atoms with E-state index in [0.717, 1.165) is 13.1 Å². The van der Waals surface area contributed by atoms with Gasteiger partial charge in [0.1, 0.15) is 9.84 Å². The summed E-state index contributed by atoms with van der Waals surface area (Å²) in [5.41, 5.74) is 2.59. The van der Waals surface area contributed by atoms with Gasteiger partial charge in [0.2, 0.25) is 0 Å². The van der Waals surface area contributed by atoms with Crippen LogP contribution in [0, 0.1) is 0 Å². The molecule has 4 nitrogen and oxygen atoms in total. The second-order valence-corrected chi connectivity index (χ2v) is 8.05. The van der Waals surface area contributed by atoms with E-state index < -0.39 is 9.84 Å². The van der Waals surface area contributed by atoms with Crippen LogP contribution in [0.4, 0.5) is 0 Å². The minimum Gasteiger partial charge on any atom is -0.310 e. The van der Waals surface area contributed by atoms with Crippen molar-refractivity contribution in [3.05, 3.63) is 35.4 Å². The van der Waals surface area contributed by atoms with Crippen LogP contribution in [-0.2, 0) is 22.9 Å². The highest BCUT2D eigenvalue weighted by Crippen LogP contribution is 2.20. The Hall–Kier alpha value is -0.910. The highest BCUT2D eigenvalue weighted by atomic mass is 32.2. The Morgan fingerprint density at radius 2 is 1.90 bits per heavy atom. The Morgan fingerprint density at radius 3 is 2.50 bits per heavy atom. The second kappa shape index (κ2) is 6.70. The first-order valence-electron chi connectivity index (χ1n) is 7.10. The maximum atomic E-state index is 11.2. The lowest BCUT2D eigenvalue weighted by molar-refractivity contribution is 0.345. The Balaban J connectivity index is 1.89. The van der Waals surface area contributed by atoms with Gasteiger partial charge in [-0.3, -0.25) is 0 Å². The smallest absolute Gasteiger partial charge is 0.148 e. The molecule has 20 heavy (non-hydrogen) atoms. The molecule has 1 fully saturated rings. The molecule has 0 spiro atoms. The zero-order valence-electron chi connectivity index (χ0n) is 12.3. The molecule has 1 N–H and O–H groups in total. The van der Waals surface area contributed by atoms with E-state index in [1.54, 1.807) is 0 Å². The van der Waals surface area contributed by atoms with Gasteiger partial charge in [0.05, 0.1) is 5.75 Å². The molecular formula is C15H24N2O2S. The van der Waals surface area contributed by atoms with Crippen molar-refractivity contribution in [1.82, 2.24) is 10.2 Å². The van der Waals surface area contributed by atoms with Gasteiger partial charge in [-0.05, 0) is 31.0 Å². The van der Waals surface area contributed by atoms with E-state index in [1.165, 1.54) is 30.2 Å². The van der Waals surface area contributed by atoms with Crippen LogP contribution in [-0.4, -0.2) is 45.0 Å². The number of benzene rings is 1. The molecule has 1 aromatic rings. The van der Waals surface area contributed by atoms with Crippen LogP contribution >= 0.6 is 0 Å². The van der Waals surface area contributed by atoms with Crippen molar-refractivity contribution in [3.63, 3.8) is 0 Å². The number of sulfone groups is 1. The highest BCUT2D eigenvalue weighted by molar-refractivity contribution is 7.90. The third-order valence-electron chi connectivity index (χ3n) is 3.56. The number of nitrogens with zero attached hydrogens (tertiary/aromatic N) is 1. The summed E-state index contributed by atoms with van der Waals surface area (Å²) in [5, 5.41) is 3.53. The van der Waals surface area contributed by atoms with Crippen molar-refractivity contribution in [2.75, 3.05) is 25.6 Å². The third-order valence-corrected chi connectivity index (χ3v) is 4.49.